The number of nitrogens with one attached hydrogen (secondary N) is 1. The largest absolute Gasteiger partial charge is 0.354 e. The topological polar surface area (TPSA) is 24.4 Å². The summed E-state index contributed by atoms with van der Waals surface area (Å²) in [4.78, 5) is 4.56. The molecule has 3 heteroatoms. The van der Waals surface area contributed by atoms with E-state index >= 15 is 0 Å². The van der Waals surface area contributed by atoms with Crippen LogP contribution in [0.15, 0.2) is 29.3 Å². The lowest BCUT2D eigenvalue weighted by molar-refractivity contribution is 0.431. The predicted octanol–water partition coefficient (Wildman–Crippen LogP) is 2.15. The zero-order valence-corrected chi connectivity index (χ0v) is 9.60. The molecule has 2 aliphatic rings. The molecule has 0 amide bonds. The first-order chi connectivity index (χ1) is 7.34. The fourth-order valence-electron chi connectivity index (χ4n) is 2.59. The van der Waals surface area contributed by atoms with Gasteiger partial charge in [0, 0.05) is 0 Å². The van der Waals surface area contributed by atoms with E-state index in [9.17, 15) is 0 Å². The SMILES string of the molecule is CSC1=NCC2(CCc3ccccc32)N1. The number of amidine groups is 1. The standard InChI is InChI=1S/C12H14N2S/c1-15-11-13-8-12(14-11)7-6-9-4-2-3-5-10(9)12/h2-5H,6-8H2,1H3,(H,13,14). The Hall–Kier alpha value is -0.960. The molecule has 1 N–H and O–H groups in total. The van der Waals surface area contributed by atoms with E-state index in [0.29, 0.717) is 0 Å². The Kier molecular flexibility index (Phi) is 2.02. The Morgan fingerprint density at radius 1 is 1.40 bits per heavy atom. The molecule has 1 aliphatic heterocycles. The van der Waals surface area contributed by atoms with Crippen molar-refractivity contribution in [2.24, 2.45) is 4.99 Å². The van der Waals surface area contributed by atoms with Crippen LogP contribution in [0.5, 0.6) is 0 Å². The number of fused-ring (bicyclic) bond motifs is 2. The second-order valence-electron chi connectivity index (χ2n) is 4.19. The van der Waals surface area contributed by atoms with Crippen molar-refractivity contribution < 1.29 is 0 Å². The molecule has 3 rings (SSSR count). The van der Waals surface area contributed by atoms with Crippen LogP contribution in [0.3, 0.4) is 0 Å². The van der Waals surface area contributed by atoms with Gasteiger partial charge in [0.15, 0.2) is 5.17 Å². The maximum Gasteiger partial charge on any atom is 0.157 e. The Morgan fingerprint density at radius 3 is 3.07 bits per heavy atom. The number of benzene rings is 1. The Balaban J connectivity index is 1.98. The summed E-state index contributed by atoms with van der Waals surface area (Å²) in [7, 11) is 0. The molecule has 0 radical (unpaired) electrons. The van der Waals surface area contributed by atoms with E-state index in [1.807, 2.05) is 0 Å². The van der Waals surface area contributed by atoms with Crippen LogP contribution in [0.2, 0.25) is 0 Å². The highest BCUT2D eigenvalue weighted by atomic mass is 32.2. The van der Waals surface area contributed by atoms with Crippen molar-refractivity contribution in [1.82, 2.24) is 5.32 Å². The average Bonchev–Trinajstić information content (AvgIpc) is 2.86. The van der Waals surface area contributed by atoms with Gasteiger partial charge in [-0.05, 0) is 30.2 Å². The first-order valence-corrected chi connectivity index (χ1v) is 6.51. The van der Waals surface area contributed by atoms with Crippen LogP contribution in [0.25, 0.3) is 0 Å². The van der Waals surface area contributed by atoms with Crippen molar-refractivity contribution in [2.75, 3.05) is 12.8 Å². The normalized spacial score (nSPS) is 27.7. The van der Waals surface area contributed by atoms with Gasteiger partial charge in [-0.3, -0.25) is 4.99 Å². The highest BCUT2D eigenvalue weighted by Gasteiger charge is 2.41. The smallest absolute Gasteiger partial charge is 0.157 e. The van der Waals surface area contributed by atoms with E-state index in [-0.39, 0.29) is 5.54 Å². The van der Waals surface area contributed by atoms with Crippen LogP contribution >= 0.6 is 11.8 Å². The number of thioether (sulfide) groups is 1. The molecule has 2 nitrogen and oxygen atoms in total. The monoisotopic (exact) mass is 218 g/mol. The van der Waals surface area contributed by atoms with Gasteiger partial charge >= 0.3 is 0 Å². The average molecular weight is 218 g/mol. The van der Waals surface area contributed by atoms with Crippen LogP contribution in [0, 0.1) is 0 Å². The Morgan fingerprint density at radius 2 is 2.27 bits per heavy atom. The lowest BCUT2D eigenvalue weighted by Gasteiger charge is -2.25. The minimum absolute atomic E-state index is 0.120. The zero-order valence-electron chi connectivity index (χ0n) is 8.79. The van der Waals surface area contributed by atoms with Crippen LogP contribution in [-0.2, 0) is 12.0 Å². The summed E-state index contributed by atoms with van der Waals surface area (Å²) in [5, 5.41) is 4.67. The Labute approximate surface area is 94.2 Å². The first-order valence-electron chi connectivity index (χ1n) is 5.29. The van der Waals surface area contributed by atoms with Crippen LogP contribution in [0.1, 0.15) is 17.5 Å². The molecule has 1 spiro atoms. The molecule has 1 aromatic rings. The van der Waals surface area contributed by atoms with E-state index in [1.54, 1.807) is 11.8 Å². The number of nitrogens with zero attached hydrogens (tertiary/aromatic N) is 1. The van der Waals surface area contributed by atoms with Gasteiger partial charge in [-0.2, -0.15) is 0 Å². The molecule has 1 heterocycles. The van der Waals surface area contributed by atoms with E-state index in [0.717, 1.165) is 11.7 Å². The van der Waals surface area contributed by atoms with Crippen molar-refractivity contribution in [2.45, 2.75) is 18.4 Å². The molecule has 0 bridgehead atoms. The van der Waals surface area contributed by atoms with Crippen molar-refractivity contribution >= 4 is 16.9 Å². The molecule has 1 unspecified atom stereocenters. The van der Waals surface area contributed by atoms with Gasteiger partial charge in [0.1, 0.15) is 0 Å². The van der Waals surface area contributed by atoms with Gasteiger partial charge in [0.25, 0.3) is 0 Å². The summed E-state index contributed by atoms with van der Waals surface area (Å²) in [5.41, 5.74) is 3.06. The van der Waals surface area contributed by atoms with Crippen LogP contribution in [0.4, 0.5) is 0 Å². The summed E-state index contributed by atoms with van der Waals surface area (Å²) < 4.78 is 0. The molecule has 1 aliphatic carbocycles. The molecular formula is C12H14N2S. The number of hydrogen-bond acceptors (Lipinski definition) is 3. The van der Waals surface area contributed by atoms with Crippen molar-refractivity contribution in [3.8, 4) is 0 Å². The molecule has 1 aromatic carbocycles. The summed E-state index contributed by atoms with van der Waals surface area (Å²) in [6, 6.07) is 8.74. The second kappa shape index (κ2) is 3.27. The molecule has 0 aromatic heterocycles. The van der Waals surface area contributed by atoms with Crippen molar-refractivity contribution in [1.29, 1.82) is 0 Å². The fourth-order valence-corrected chi connectivity index (χ4v) is 3.08. The number of rotatable bonds is 0. The molecule has 0 fully saturated rings. The minimum atomic E-state index is 0.120. The van der Waals surface area contributed by atoms with Crippen molar-refractivity contribution in [3.63, 3.8) is 0 Å². The minimum Gasteiger partial charge on any atom is -0.354 e. The lowest BCUT2D eigenvalue weighted by Crippen LogP contribution is -2.40. The molecule has 0 saturated carbocycles. The third-order valence-electron chi connectivity index (χ3n) is 3.39. The lowest BCUT2D eigenvalue weighted by atomic mass is 9.93. The van der Waals surface area contributed by atoms with Crippen LogP contribution < -0.4 is 5.32 Å². The highest BCUT2D eigenvalue weighted by Crippen LogP contribution is 2.39. The number of aliphatic imine (C=N–C) groups is 1. The van der Waals surface area contributed by atoms with Gasteiger partial charge in [0.05, 0.1) is 12.1 Å². The third-order valence-corrected chi connectivity index (χ3v) is 4.00. The third kappa shape index (κ3) is 1.29. The molecule has 0 saturated heterocycles. The van der Waals surface area contributed by atoms with Gasteiger partial charge in [-0.25, -0.2) is 0 Å². The zero-order chi connectivity index (χ0) is 10.3. The summed E-state index contributed by atoms with van der Waals surface area (Å²) in [5.74, 6) is 0. The summed E-state index contributed by atoms with van der Waals surface area (Å²) in [6.07, 6.45) is 4.44. The van der Waals surface area contributed by atoms with E-state index in [1.165, 1.54) is 24.0 Å². The maximum absolute atomic E-state index is 4.56. The van der Waals surface area contributed by atoms with Crippen molar-refractivity contribution in [3.05, 3.63) is 35.4 Å². The first kappa shape index (κ1) is 9.28. The van der Waals surface area contributed by atoms with E-state index in [4.69, 9.17) is 0 Å². The molecule has 15 heavy (non-hydrogen) atoms. The number of hydrogen-bond donors (Lipinski definition) is 1. The van der Waals surface area contributed by atoms with E-state index < -0.39 is 0 Å². The predicted molar refractivity (Wildman–Crippen MR) is 65.4 cm³/mol. The quantitative estimate of drug-likeness (QED) is 0.721. The van der Waals surface area contributed by atoms with Crippen LogP contribution in [-0.4, -0.2) is 18.0 Å². The van der Waals surface area contributed by atoms with Gasteiger partial charge < -0.3 is 5.32 Å². The molecule has 1 atom stereocenters. The summed E-state index contributed by atoms with van der Waals surface area (Å²) in [6.45, 7) is 0.903. The van der Waals surface area contributed by atoms with E-state index in [2.05, 4.69) is 40.8 Å². The Bertz CT molecular complexity index is 427. The van der Waals surface area contributed by atoms with Gasteiger partial charge in [0.2, 0.25) is 0 Å². The van der Waals surface area contributed by atoms with Gasteiger partial charge in [-0.15, -0.1) is 0 Å². The maximum atomic E-state index is 4.56. The van der Waals surface area contributed by atoms with Gasteiger partial charge in [-0.1, -0.05) is 36.0 Å². The highest BCUT2D eigenvalue weighted by molar-refractivity contribution is 8.13. The molecular weight excluding hydrogens is 204 g/mol. The fraction of sp³-hybridized carbons (Fsp3) is 0.417. The summed E-state index contributed by atoms with van der Waals surface area (Å²) >= 11 is 1.71. The molecule has 78 valence electrons. The number of aryl methyl sites for hydroxylation is 1. The second-order valence-corrected chi connectivity index (χ2v) is 4.98.